The van der Waals surface area contributed by atoms with Gasteiger partial charge in [0, 0.05) is 45.3 Å². The lowest BCUT2D eigenvalue weighted by molar-refractivity contribution is -0.137. The molecule has 0 atom stereocenters. The number of urea groups is 1. The highest BCUT2D eigenvalue weighted by Gasteiger charge is 2.36. The molecule has 3 aliphatic rings. The van der Waals surface area contributed by atoms with Gasteiger partial charge in [0.1, 0.15) is 0 Å². The first-order valence-corrected chi connectivity index (χ1v) is 8.13. The Morgan fingerprint density at radius 2 is 1.71 bits per heavy atom. The van der Waals surface area contributed by atoms with Crippen molar-refractivity contribution in [2.45, 2.75) is 38.1 Å². The molecule has 6 heteroatoms. The molecule has 1 saturated heterocycles. The third-order valence-electron chi connectivity index (χ3n) is 4.66. The van der Waals surface area contributed by atoms with E-state index in [1.165, 1.54) is 19.4 Å². The summed E-state index contributed by atoms with van der Waals surface area (Å²) in [5.41, 5.74) is 0. The van der Waals surface area contributed by atoms with Crippen LogP contribution < -0.4 is 0 Å². The molecule has 1 aliphatic heterocycles. The standard InChI is InChI=1S/C15H25N3O3/c19-14(20)5-6-18(13-3-4-13)15(21)17-9-7-16(8-10-17)11-12-1-2-12/h12-13H,1-11H2,(H,19,20). The molecule has 1 heterocycles. The van der Waals surface area contributed by atoms with Gasteiger partial charge >= 0.3 is 12.0 Å². The summed E-state index contributed by atoms with van der Waals surface area (Å²) in [6.45, 7) is 5.01. The lowest BCUT2D eigenvalue weighted by Crippen LogP contribution is -2.53. The number of piperazine rings is 1. The molecule has 1 N–H and O–H groups in total. The van der Waals surface area contributed by atoms with E-state index >= 15 is 0 Å². The van der Waals surface area contributed by atoms with Crippen LogP contribution in [0.1, 0.15) is 32.1 Å². The lowest BCUT2D eigenvalue weighted by Gasteiger charge is -2.37. The number of carbonyl (C=O) groups is 2. The molecular weight excluding hydrogens is 270 g/mol. The summed E-state index contributed by atoms with van der Waals surface area (Å²) in [4.78, 5) is 29.5. The second-order valence-corrected chi connectivity index (χ2v) is 6.58. The fraction of sp³-hybridized carbons (Fsp3) is 0.867. The van der Waals surface area contributed by atoms with Gasteiger partial charge in [-0.15, -0.1) is 0 Å². The van der Waals surface area contributed by atoms with Crippen LogP contribution in [0.25, 0.3) is 0 Å². The molecule has 0 aromatic rings. The zero-order chi connectivity index (χ0) is 14.8. The summed E-state index contributed by atoms with van der Waals surface area (Å²) in [5.74, 6) is 0.0634. The van der Waals surface area contributed by atoms with Gasteiger partial charge in [0.2, 0.25) is 0 Å². The van der Waals surface area contributed by atoms with Crippen molar-refractivity contribution >= 4 is 12.0 Å². The summed E-state index contributed by atoms with van der Waals surface area (Å²) in [6, 6.07) is 0.325. The predicted octanol–water partition coefficient (Wildman–Crippen LogP) is 1.07. The number of aliphatic carboxylic acids is 1. The largest absolute Gasteiger partial charge is 0.481 e. The van der Waals surface area contributed by atoms with Crippen LogP contribution in [0.5, 0.6) is 0 Å². The first-order valence-electron chi connectivity index (χ1n) is 8.13. The summed E-state index contributed by atoms with van der Waals surface area (Å²) in [7, 11) is 0. The van der Waals surface area contributed by atoms with E-state index in [1.54, 1.807) is 4.90 Å². The molecule has 2 amide bonds. The zero-order valence-electron chi connectivity index (χ0n) is 12.5. The van der Waals surface area contributed by atoms with E-state index in [-0.39, 0.29) is 18.5 Å². The van der Waals surface area contributed by atoms with Crippen LogP contribution in [-0.2, 0) is 4.79 Å². The monoisotopic (exact) mass is 295 g/mol. The molecule has 3 fully saturated rings. The molecule has 118 valence electrons. The second kappa shape index (κ2) is 6.22. The van der Waals surface area contributed by atoms with Gasteiger partial charge in [0.05, 0.1) is 6.42 Å². The first kappa shape index (κ1) is 14.6. The molecule has 0 bridgehead atoms. The van der Waals surface area contributed by atoms with Crippen molar-refractivity contribution in [1.29, 1.82) is 0 Å². The Bertz CT molecular complexity index is 399. The summed E-state index contributed by atoms with van der Waals surface area (Å²) < 4.78 is 0. The lowest BCUT2D eigenvalue weighted by atomic mass is 10.3. The van der Waals surface area contributed by atoms with Gasteiger partial charge in [-0.05, 0) is 31.6 Å². The van der Waals surface area contributed by atoms with Crippen LogP contribution in [0.3, 0.4) is 0 Å². The Hall–Kier alpha value is -1.30. The quantitative estimate of drug-likeness (QED) is 0.796. The van der Waals surface area contributed by atoms with Crippen molar-refractivity contribution in [2.24, 2.45) is 5.92 Å². The minimum absolute atomic E-state index is 0.0455. The van der Waals surface area contributed by atoms with E-state index in [4.69, 9.17) is 5.11 Å². The van der Waals surface area contributed by atoms with Gasteiger partial charge in [0.25, 0.3) is 0 Å². The van der Waals surface area contributed by atoms with Crippen LogP contribution in [0.15, 0.2) is 0 Å². The van der Waals surface area contributed by atoms with Gasteiger partial charge in [-0.3, -0.25) is 9.69 Å². The Balaban J connectivity index is 1.47. The maximum absolute atomic E-state index is 12.6. The normalized spacial score (nSPS) is 23.1. The zero-order valence-corrected chi connectivity index (χ0v) is 12.5. The molecule has 6 nitrogen and oxygen atoms in total. The number of hydrogen-bond acceptors (Lipinski definition) is 3. The highest BCUT2D eigenvalue weighted by Crippen LogP contribution is 2.30. The highest BCUT2D eigenvalue weighted by molar-refractivity contribution is 5.76. The average Bonchev–Trinajstić information content (AvgIpc) is 3.33. The van der Waals surface area contributed by atoms with E-state index in [2.05, 4.69) is 4.90 Å². The fourth-order valence-corrected chi connectivity index (χ4v) is 3.01. The van der Waals surface area contributed by atoms with Crippen molar-refractivity contribution in [3.63, 3.8) is 0 Å². The molecule has 3 rings (SSSR count). The molecule has 21 heavy (non-hydrogen) atoms. The first-order chi connectivity index (χ1) is 10.1. The van der Waals surface area contributed by atoms with Crippen molar-refractivity contribution in [2.75, 3.05) is 39.3 Å². The molecule has 0 spiro atoms. The molecule has 2 saturated carbocycles. The van der Waals surface area contributed by atoms with E-state index in [1.807, 2.05) is 4.90 Å². The van der Waals surface area contributed by atoms with Gasteiger partial charge in [-0.2, -0.15) is 0 Å². The van der Waals surface area contributed by atoms with Crippen LogP contribution in [0, 0.1) is 5.92 Å². The Morgan fingerprint density at radius 1 is 1.05 bits per heavy atom. The number of nitrogens with zero attached hydrogens (tertiary/aromatic N) is 3. The molecule has 0 aromatic carbocycles. The third kappa shape index (κ3) is 4.09. The van der Waals surface area contributed by atoms with Gasteiger partial charge in [0.15, 0.2) is 0 Å². The second-order valence-electron chi connectivity index (χ2n) is 6.58. The number of amides is 2. The Labute approximate surface area is 125 Å². The van der Waals surface area contributed by atoms with Crippen molar-refractivity contribution < 1.29 is 14.7 Å². The third-order valence-corrected chi connectivity index (χ3v) is 4.66. The van der Waals surface area contributed by atoms with Crippen molar-refractivity contribution in [1.82, 2.24) is 14.7 Å². The molecule has 0 radical (unpaired) electrons. The topological polar surface area (TPSA) is 64.1 Å². The number of carboxylic acids is 1. The molecular formula is C15H25N3O3. The minimum atomic E-state index is -0.831. The van der Waals surface area contributed by atoms with Gasteiger partial charge < -0.3 is 14.9 Å². The summed E-state index contributed by atoms with van der Waals surface area (Å²) >= 11 is 0. The van der Waals surface area contributed by atoms with E-state index < -0.39 is 5.97 Å². The number of hydrogen-bond donors (Lipinski definition) is 1. The number of rotatable bonds is 6. The van der Waals surface area contributed by atoms with Crippen LogP contribution in [0.2, 0.25) is 0 Å². The smallest absolute Gasteiger partial charge is 0.320 e. The van der Waals surface area contributed by atoms with E-state index in [0.717, 1.165) is 44.9 Å². The molecule has 0 aromatic heterocycles. The van der Waals surface area contributed by atoms with Crippen LogP contribution >= 0.6 is 0 Å². The minimum Gasteiger partial charge on any atom is -0.481 e. The van der Waals surface area contributed by atoms with Crippen LogP contribution in [0.4, 0.5) is 4.79 Å². The number of carboxylic acid groups (broad SMARTS) is 1. The predicted molar refractivity (Wildman–Crippen MR) is 78.1 cm³/mol. The summed E-state index contributed by atoms with van der Waals surface area (Å²) in [5, 5.41) is 8.82. The fourth-order valence-electron chi connectivity index (χ4n) is 3.01. The van der Waals surface area contributed by atoms with Crippen LogP contribution in [-0.4, -0.2) is 77.1 Å². The van der Waals surface area contributed by atoms with Gasteiger partial charge in [-0.1, -0.05) is 0 Å². The van der Waals surface area contributed by atoms with Crippen molar-refractivity contribution in [3.8, 4) is 0 Å². The maximum Gasteiger partial charge on any atom is 0.320 e. The maximum atomic E-state index is 12.6. The van der Waals surface area contributed by atoms with Gasteiger partial charge in [-0.25, -0.2) is 4.79 Å². The molecule has 0 unspecified atom stereocenters. The SMILES string of the molecule is O=C(O)CCN(C(=O)N1CCN(CC2CC2)CC1)C1CC1. The molecule has 2 aliphatic carbocycles. The number of carbonyl (C=O) groups excluding carboxylic acids is 1. The Morgan fingerprint density at radius 3 is 2.24 bits per heavy atom. The van der Waals surface area contributed by atoms with E-state index in [9.17, 15) is 9.59 Å². The summed E-state index contributed by atoms with van der Waals surface area (Å²) in [6.07, 6.45) is 4.82. The Kier molecular flexibility index (Phi) is 4.33. The highest BCUT2D eigenvalue weighted by atomic mass is 16.4. The van der Waals surface area contributed by atoms with E-state index in [0.29, 0.717) is 6.54 Å². The average molecular weight is 295 g/mol. The van der Waals surface area contributed by atoms with Crippen molar-refractivity contribution in [3.05, 3.63) is 0 Å².